The molecule has 0 aliphatic carbocycles. The van der Waals surface area contributed by atoms with Crippen LogP contribution in [0.2, 0.25) is 0 Å². The van der Waals surface area contributed by atoms with E-state index in [1.54, 1.807) is 18.5 Å². The Morgan fingerprint density at radius 3 is 3.00 bits per heavy atom. The van der Waals surface area contributed by atoms with E-state index < -0.39 is 0 Å². The number of nitrogens with zero attached hydrogens (tertiary/aromatic N) is 2. The SMILES string of the molecule is O=C(Nc1nccs1)c1ccns1. The zero-order valence-corrected chi connectivity index (χ0v) is 8.06. The number of hydrogen-bond acceptors (Lipinski definition) is 5. The molecule has 4 nitrogen and oxygen atoms in total. The summed E-state index contributed by atoms with van der Waals surface area (Å²) < 4.78 is 3.84. The number of thiazole rings is 1. The highest BCUT2D eigenvalue weighted by molar-refractivity contribution is 7.14. The number of rotatable bonds is 2. The topological polar surface area (TPSA) is 54.9 Å². The second-order valence-electron chi connectivity index (χ2n) is 2.17. The number of carbonyl (C=O) groups is 1. The van der Waals surface area contributed by atoms with Crippen LogP contribution in [0.25, 0.3) is 0 Å². The third-order valence-corrected chi connectivity index (χ3v) is 2.75. The number of amides is 1. The normalized spacial score (nSPS) is 9.85. The molecule has 2 aromatic rings. The van der Waals surface area contributed by atoms with Crippen molar-refractivity contribution in [1.29, 1.82) is 0 Å². The van der Waals surface area contributed by atoms with Gasteiger partial charge < -0.3 is 0 Å². The lowest BCUT2D eigenvalue weighted by Gasteiger charge is -1.95. The van der Waals surface area contributed by atoms with E-state index in [1.807, 2.05) is 5.38 Å². The first-order valence-corrected chi connectivity index (χ1v) is 5.13. The Labute approximate surface area is 82.4 Å². The monoisotopic (exact) mass is 211 g/mol. The number of aromatic nitrogens is 2. The predicted molar refractivity (Wildman–Crippen MR) is 52.2 cm³/mol. The minimum Gasteiger partial charge on any atom is -0.297 e. The Hall–Kier alpha value is -1.27. The average molecular weight is 211 g/mol. The highest BCUT2D eigenvalue weighted by atomic mass is 32.1. The van der Waals surface area contributed by atoms with E-state index in [9.17, 15) is 4.79 Å². The van der Waals surface area contributed by atoms with Gasteiger partial charge in [-0.3, -0.25) is 10.1 Å². The second-order valence-corrected chi connectivity index (χ2v) is 3.90. The van der Waals surface area contributed by atoms with Crippen molar-refractivity contribution in [2.75, 3.05) is 5.32 Å². The molecule has 0 bridgehead atoms. The Morgan fingerprint density at radius 1 is 1.46 bits per heavy atom. The summed E-state index contributed by atoms with van der Waals surface area (Å²) in [6.07, 6.45) is 3.24. The maximum Gasteiger partial charge on any atom is 0.269 e. The molecule has 0 unspecified atom stereocenters. The molecule has 2 aromatic heterocycles. The molecule has 6 heteroatoms. The lowest BCUT2D eigenvalue weighted by Crippen LogP contribution is -2.09. The molecule has 0 aliphatic rings. The fraction of sp³-hybridized carbons (Fsp3) is 0. The molecule has 0 aromatic carbocycles. The lowest BCUT2D eigenvalue weighted by molar-refractivity contribution is 0.103. The highest BCUT2D eigenvalue weighted by Crippen LogP contribution is 2.13. The summed E-state index contributed by atoms with van der Waals surface area (Å²) in [4.78, 5) is 15.9. The standard InChI is InChI=1S/C7H5N3OS2/c11-6(5-1-2-9-13-5)10-7-8-3-4-12-7/h1-4H,(H,8,10,11). The first kappa shape index (κ1) is 8.33. The molecular weight excluding hydrogens is 206 g/mol. The molecule has 0 fully saturated rings. The van der Waals surface area contributed by atoms with E-state index in [1.165, 1.54) is 22.9 Å². The zero-order chi connectivity index (χ0) is 9.10. The zero-order valence-electron chi connectivity index (χ0n) is 6.43. The molecule has 1 N–H and O–H groups in total. The first-order chi connectivity index (χ1) is 6.36. The van der Waals surface area contributed by atoms with Gasteiger partial charge in [-0.15, -0.1) is 11.3 Å². The Bertz CT molecular complexity index is 382. The van der Waals surface area contributed by atoms with E-state index in [4.69, 9.17) is 0 Å². The Kier molecular flexibility index (Phi) is 2.33. The van der Waals surface area contributed by atoms with Crippen LogP contribution < -0.4 is 5.32 Å². The number of hydrogen-bond donors (Lipinski definition) is 1. The quantitative estimate of drug-likeness (QED) is 0.824. The average Bonchev–Trinajstić information content (AvgIpc) is 2.74. The van der Waals surface area contributed by atoms with Gasteiger partial charge in [0, 0.05) is 17.8 Å². The lowest BCUT2D eigenvalue weighted by atomic mass is 10.5. The van der Waals surface area contributed by atoms with Gasteiger partial charge in [0.2, 0.25) is 0 Å². The molecule has 13 heavy (non-hydrogen) atoms. The van der Waals surface area contributed by atoms with Crippen molar-refractivity contribution < 1.29 is 4.79 Å². The summed E-state index contributed by atoms with van der Waals surface area (Å²) >= 11 is 2.56. The molecule has 0 atom stereocenters. The molecule has 66 valence electrons. The Balaban J connectivity index is 2.08. The fourth-order valence-electron chi connectivity index (χ4n) is 0.777. The van der Waals surface area contributed by atoms with Crippen molar-refractivity contribution in [3.8, 4) is 0 Å². The molecule has 2 heterocycles. The fourth-order valence-corrected chi connectivity index (χ4v) is 1.79. The third kappa shape index (κ3) is 1.90. The van der Waals surface area contributed by atoms with Crippen LogP contribution in [0.4, 0.5) is 5.13 Å². The predicted octanol–water partition coefficient (Wildman–Crippen LogP) is 1.85. The van der Waals surface area contributed by atoms with Crippen LogP contribution in [0.5, 0.6) is 0 Å². The van der Waals surface area contributed by atoms with Gasteiger partial charge in [-0.25, -0.2) is 9.36 Å². The first-order valence-electron chi connectivity index (χ1n) is 3.48. The van der Waals surface area contributed by atoms with Crippen molar-refractivity contribution in [1.82, 2.24) is 9.36 Å². The maximum absolute atomic E-state index is 11.4. The van der Waals surface area contributed by atoms with Crippen LogP contribution in [0.15, 0.2) is 23.8 Å². The van der Waals surface area contributed by atoms with Gasteiger partial charge in [-0.1, -0.05) is 0 Å². The largest absolute Gasteiger partial charge is 0.297 e. The van der Waals surface area contributed by atoms with Crippen LogP contribution in [0, 0.1) is 0 Å². The maximum atomic E-state index is 11.4. The summed E-state index contributed by atoms with van der Waals surface area (Å²) in [5.74, 6) is -0.155. The van der Waals surface area contributed by atoms with Crippen molar-refractivity contribution in [2.45, 2.75) is 0 Å². The van der Waals surface area contributed by atoms with Crippen molar-refractivity contribution in [3.05, 3.63) is 28.7 Å². The summed E-state index contributed by atoms with van der Waals surface area (Å²) in [6, 6.07) is 1.67. The van der Waals surface area contributed by atoms with E-state index in [0.29, 0.717) is 10.0 Å². The highest BCUT2D eigenvalue weighted by Gasteiger charge is 2.08. The van der Waals surface area contributed by atoms with Crippen LogP contribution in [0.1, 0.15) is 9.67 Å². The summed E-state index contributed by atoms with van der Waals surface area (Å²) in [7, 11) is 0. The minimum absolute atomic E-state index is 0.155. The molecule has 0 aliphatic heterocycles. The van der Waals surface area contributed by atoms with Gasteiger partial charge >= 0.3 is 0 Å². The van der Waals surface area contributed by atoms with Crippen LogP contribution in [0.3, 0.4) is 0 Å². The van der Waals surface area contributed by atoms with Gasteiger partial charge in [0.05, 0.1) is 0 Å². The number of nitrogens with one attached hydrogen (secondary N) is 1. The molecule has 0 saturated carbocycles. The smallest absolute Gasteiger partial charge is 0.269 e. The van der Waals surface area contributed by atoms with Gasteiger partial charge in [0.15, 0.2) is 5.13 Å². The van der Waals surface area contributed by atoms with Crippen molar-refractivity contribution in [2.24, 2.45) is 0 Å². The number of carbonyl (C=O) groups excluding carboxylic acids is 1. The van der Waals surface area contributed by atoms with Gasteiger partial charge in [-0.2, -0.15) is 0 Å². The van der Waals surface area contributed by atoms with Crippen molar-refractivity contribution >= 4 is 33.9 Å². The Morgan fingerprint density at radius 2 is 2.38 bits per heavy atom. The summed E-state index contributed by atoms with van der Waals surface area (Å²) in [5.41, 5.74) is 0. The second kappa shape index (κ2) is 3.63. The molecule has 0 radical (unpaired) electrons. The van der Waals surface area contributed by atoms with E-state index in [-0.39, 0.29) is 5.91 Å². The molecular formula is C7H5N3OS2. The molecule has 0 saturated heterocycles. The van der Waals surface area contributed by atoms with Crippen molar-refractivity contribution in [3.63, 3.8) is 0 Å². The molecule has 1 amide bonds. The summed E-state index contributed by atoms with van der Waals surface area (Å²) in [5, 5.41) is 5.08. The van der Waals surface area contributed by atoms with E-state index in [2.05, 4.69) is 14.7 Å². The van der Waals surface area contributed by atoms with E-state index >= 15 is 0 Å². The van der Waals surface area contributed by atoms with Crippen LogP contribution in [-0.4, -0.2) is 15.3 Å². The molecule has 0 spiro atoms. The number of anilines is 1. The summed E-state index contributed by atoms with van der Waals surface area (Å²) in [6.45, 7) is 0. The minimum atomic E-state index is -0.155. The van der Waals surface area contributed by atoms with E-state index in [0.717, 1.165) is 0 Å². The van der Waals surface area contributed by atoms with Gasteiger partial charge in [0.1, 0.15) is 4.88 Å². The third-order valence-electron chi connectivity index (χ3n) is 1.31. The van der Waals surface area contributed by atoms with Gasteiger partial charge in [0.25, 0.3) is 5.91 Å². The van der Waals surface area contributed by atoms with Crippen LogP contribution in [-0.2, 0) is 0 Å². The van der Waals surface area contributed by atoms with Crippen LogP contribution >= 0.6 is 22.9 Å². The van der Waals surface area contributed by atoms with Gasteiger partial charge in [-0.05, 0) is 17.6 Å². The molecule has 2 rings (SSSR count).